The highest BCUT2D eigenvalue weighted by Gasteiger charge is 2.25. The first-order chi connectivity index (χ1) is 25.3. The summed E-state index contributed by atoms with van der Waals surface area (Å²) in [5, 5.41) is 9.13. The molecule has 0 amide bonds. The molecule has 3 aromatic carbocycles. The number of aliphatic carboxylic acids is 1. The topological polar surface area (TPSA) is 140 Å². The first kappa shape index (κ1) is 36.2. The number of hydrogen-bond donors (Lipinski definition) is 1. The Morgan fingerprint density at radius 1 is 0.692 bits per heavy atom. The highest BCUT2D eigenvalue weighted by molar-refractivity contribution is 9.10. The molecule has 2 fully saturated rings. The lowest BCUT2D eigenvalue weighted by molar-refractivity contribution is -0.145. The van der Waals surface area contributed by atoms with Crippen LogP contribution in [0.4, 0.5) is 11.6 Å². The summed E-state index contributed by atoms with van der Waals surface area (Å²) < 4.78 is 8.72. The molecule has 52 heavy (non-hydrogen) atoms. The van der Waals surface area contributed by atoms with Gasteiger partial charge in [0.05, 0.1) is 17.6 Å². The molecular weight excluding hydrogens is 728 g/mol. The van der Waals surface area contributed by atoms with Crippen LogP contribution in [0.1, 0.15) is 31.2 Å². The molecule has 0 bridgehead atoms. The minimum atomic E-state index is -1.04. The summed E-state index contributed by atoms with van der Waals surface area (Å²) in [6, 6.07) is 28.2. The van der Waals surface area contributed by atoms with Crippen molar-refractivity contribution >= 4 is 39.5 Å². The summed E-state index contributed by atoms with van der Waals surface area (Å²) in [7, 11) is 0. The van der Waals surface area contributed by atoms with Crippen molar-refractivity contribution in [2.24, 2.45) is 0 Å². The molecular formula is C39H39BrN6O6. The summed E-state index contributed by atoms with van der Waals surface area (Å²) in [6.45, 7) is 2.78. The van der Waals surface area contributed by atoms with Gasteiger partial charge >= 0.3 is 11.9 Å². The van der Waals surface area contributed by atoms with Gasteiger partial charge in [-0.2, -0.15) is 0 Å². The molecule has 268 valence electrons. The highest BCUT2D eigenvalue weighted by atomic mass is 79.9. The van der Waals surface area contributed by atoms with E-state index in [1.54, 1.807) is 6.20 Å². The summed E-state index contributed by atoms with van der Waals surface area (Å²) in [5.41, 5.74) is 2.95. The number of hydrogen-bond acceptors (Lipinski definition) is 9. The first-order valence-corrected chi connectivity index (χ1v) is 18.0. The fourth-order valence-electron chi connectivity index (χ4n) is 6.35. The minimum absolute atomic E-state index is 0.167. The van der Waals surface area contributed by atoms with Gasteiger partial charge in [-0.1, -0.05) is 91.0 Å². The van der Waals surface area contributed by atoms with E-state index in [1.165, 1.54) is 9.13 Å². The minimum Gasteiger partial charge on any atom is -0.480 e. The van der Waals surface area contributed by atoms with E-state index >= 15 is 0 Å². The first-order valence-electron chi connectivity index (χ1n) is 17.2. The smallest absolute Gasteiger partial charge is 0.326 e. The van der Waals surface area contributed by atoms with Gasteiger partial charge in [0, 0.05) is 31.7 Å². The third kappa shape index (κ3) is 8.65. The fraction of sp³-hybridized carbons (Fsp3) is 0.282. The highest BCUT2D eigenvalue weighted by Crippen LogP contribution is 2.28. The lowest BCUT2D eigenvalue weighted by Gasteiger charge is -2.20. The molecule has 12 nitrogen and oxygen atoms in total. The van der Waals surface area contributed by atoms with Crippen LogP contribution in [0.15, 0.2) is 111 Å². The summed E-state index contributed by atoms with van der Waals surface area (Å²) >= 11 is 3.53. The number of nitrogens with zero attached hydrogens (tertiary/aromatic N) is 6. The van der Waals surface area contributed by atoms with Crippen molar-refractivity contribution in [3.05, 3.63) is 128 Å². The molecule has 0 aliphatic carbocycles. The monoisotopic (exact) mass is 766 g/mol. The normalized spacial score (nSPS) is 13.8. The van der Waals surface area contributed by atoms with Crippen LogP contribution in [0, 0.1) is 0 Å². The van der Waals surface area contributed by atoms with E-state index < -0.39 is 11.9 Å². The van der Waals surface area contributed by atoms with Crippen LogP contribution < -0.4 is 20.9 Å². The second kappa shape index (κ2) is 17.1. The van der Waals surface area contributed by atoms with Crippen molar-refractivity contribution in [2.75, 3.05) is 36.0 Å². The number of aromatic nitrogens is 4. The van der Waals surface area contributed by atoms with Crippen LogP contribution in [0.3, 0.4) is 0 Å². The van der Waals surface area contributed by atoms with E-state index in [4.69, 9.17) is 9.84 Å². The van der Waals surface area contributed by atoms with Crippen LogP contribution in [0.25, 0.3) is 22.5 Å². The maximum absolute atomic E-state index is 13.3. The van der Waals surface area contributed by atoms with E-state index in [2.05, 4.69) is 25.9 Å². The molecule has 7 rings (SSSR count). The van der Waals surface area contributed by atoms with Crippen LogP contribution in [-0.4, -0.2) is 62.3 Å². The zero-order valence-electron chi connectivity index (χ0n) is 28.6. The fourth-order valence-corrected chi connectivity index (χ4v) is 6.96. The van der Waals surface area contributed by atoms with Crippen molar-refractivity contribution in [1.29, 1.82) is 0 Å². The molecule has 0 unspecified atom stereocenters. The number of ether oxygens (including phenoxy) is 1. The van der Waals surface area contributed by atoms with Gasteiger partial charge in [-0.25, -0.2) is 9.97 Å². The van der Waals surface area contributed by atoms with Crippen LogP contribution in [-0.2, 0) is 34.0 Å². The predicted octanol–water partition coefficient (Wildman–Crippen LogP) is 5.61. The number of carbonyl (C=O) groups excluding carboxylic acids is 1. The Bertz CT molecular complexity index is 2110. The third-order valence-electron chi connectivity index (χ3n) is 8.89. The van der Waals surface area contributed by atoms with Crippen molar-refractivity contribution < 1.29 is 19.4 Å². The lowest BCUT2D eigenvalue weighted by Crippen LogP contribution is -2.34. The largest absolute Gasteiger partial charge is 0.480 e. The van der Waals surface area contributed by atoms with Gasteiger partial charge in [-0.3, -0.25) is 28.3 Å². The molecule has 13 heteroatoms. The third-order valence-corrected chi connectivity index (χ3v) is 9.45. The summed E-state index contributed by atoms with van der Waals surface area (Å²) in [4.78, 5) is 62.6. The maximum atomic E-state index is 13.3. The number of carboxylic acids is 1. The number of halogens is 1. The average Bonchev–Trinajstić information content (AvgIpc) is 3.90. The second-order valence-corrected chi connectivity index (χ2v) is 13.2. The molecule has 2 aromatic heterocycles. The predicted molar refractivity (Wildman–Crippen MR) is 202 cm³/mol. The summed E-state index contributed by atoms with van der Waals surface area (Å²) in [5.74, 6) is -0.796. The number of rotatable bonds is 10. The molecule has 0 atom stereocenters. The van der Waals surface area contributed by atoms with Crippen LogP contribution in [0.2, 0.25) is 0 Å². The van der Waals surface area contributed by atoms with E-state index in [-0.39, 0.29) is 30.8 Å². The Hall–Kier alpha value is -5.56. The zero-order chi connectivity index (χ0) is 36.5. The van der Waals surface area contributed by atoms with E-state index in [0.717, 1.165) is 68.6 Å². The standard InChI is InChI=1S/C23H22BrN3O3.C16H17N3O3/c24-21-20(18-11-5-2-6-12-18)27(23(29)22(25-21)26-13-7-8-14-26)15-19(28)30-16-17-9-3-1-4-10-17;20-14(21)11-19-13(12-6-2-1-3-7-12)10-17-15(16(19)22)18-8-4-5-9-18/h1-6,9-12H,7-8,13-16H2;1-3,6-7,10H,4-5,8-9,11H2,(H,20,21). The van der Waals surface area contributed by atoms with Crippen molar-refractivity contribution in [2.45, 2.75) is 45.4 Å². The number of carbonyl (C=O) groups is 2. The Balaban J connectivity index is 0.000000187. The van der Waals surface area contributed by atoms with Gasteiger partial charge in [0.1, 0.15) is 24.3 Å². The molecule has 0 saturated carbocycles. The molecule has 0 spiro atoms. The lowest BCUT2D eigenvalue weighted by atomic mass is 10.1. The van der Waals surface area contributed by atoms with Crippen LogP contribution in [0.5, 0.6) is 0 Å². The average molecular weight is 768 g/mol. The molecule has 5 aromatic rings. The number of anilines is 2. The number of esters is 1. The molecule has 4 heterocycles. The van der Waals surface area contributed by atoms with Gasteiger partial charge in [0.2, 0.25) is 0 Å². The number of benzene rings is 3. The second-order valence-electron chi connectivity index (χ2n) is 12.5. The van der Waals surface area contributed by atoms with Crippen molar-refractivity contribution in [3.8, 4) is 22.5 Å². The Kier molecular flexibility index (Phi) is 11.9. The van der Waals surface area contributed by atoms with Gasteiger partial charge in [0.25, 0.3) is 11.1 Å². The van der Waals surface area contributed by atoms with Crippen molar-refractivity contribution in [1.82, 2.24) is 19.1 Å². The maximum Gasteiger partial charge on any atom is 0.326 e. The summed E-state index contributed by atoms with van der Waals surface area (Å²) in [6.07, 6.45) is 5.70. The molecule has 1 N–H and O–H groups in total. The SMILES string of the molecule is O=C(Cn1c(-c2ccccc2)c(Br)nc(N2CCCC2)c1=O)OCc1ccccc1.O=C(O)Cn1c(-c2ccccc2)cnc(N2CCCC2)c1=O. The zero-order valence-corrected chi connectivity index (χ0v) is 30.2. The molecule has 2 aliphatic heterocycles. The molecule has 2 aliphatic rings. The Labute approximate surface area is 309 Å². The van der Waals surface area contributed by atoms with E-state index in [9.17, 15) is 19.2 Å². The van der Waals surface area contributed by atoms with Gasteiger partial charge in [0.15, 0.2) is 11.6 Å². The number of carboxylic acid groups (broad SMARTS) is 1. The van der Waals surface area contributed by atoms with Gasteiger partial charge in [-0.05, 0) is 52.7 Å². The van der Waals surface area contributed by atoms with E-state index in [0.29, 0.717) is 27.6 Å². The van der Waals surface area contributed by atoms with Gasteiger partial charge in [-0.15, -0.1) is 0 Å². The van der Waals surface area contributed by atoms with Gasteiger partial charge < -0.3 is 19.6 Å². The quantitative estimate of drug-likeness (QED) is 0.179. The Morgan fingerprint density at radius 2 is 1.21 bits per heavy atom. The van der Waals surface area contributed by atoms with Crippen molar-refractivity contribution in [3.63, 3.8) is 0 Å². The van der Waals surface area contributed by atoms with E-state index in [1.807, 2.05) is 101 Å². The molecule has 2 saturated heterocycles. The molecule has 0 radical (unpaired) electrons. The van der Waals surface area contributed by atoms with Crippen LogP contribution >= 0.6 is 15.9 Å². The Morgan fingerprint density at radius 3 is 1.79 bits per heavy atom.